The Morgan fingerprint density at radius 2 is 1.84 bits per heavy atom. The van der Waals surface area contributed by atoms with Crippen LogP contribution in [0.2, 0.25) is 0 Å². The molecular weight excluding hydrogens is 476 g/mol. The number of carbonyl (C=O) groups excluding carboxylic acids is 2. The normalized spacial score (nSPS) is 10.8. The maximum absolute atomic E-state index is 12.5. The summed E-state index contributed by atoms with van der Waals surface area (Å²) in [5, 5.41) is 13.0. The molecule has 12 heteroatoms. The van der Waals surface area contributed by atoms with E-state index < -0.39 is 0 Å². The van der Waals surface area contributed by atoms with E-state index in [1.807, 2.05) is 34.9 Å². The second-order valence-corrected chi connectivity index (χ2v) is 7.98. The Labute approximate surface area is 210 Å². The van der Waals surface area contributed by atoms with Gasteiger partial charge in [0.2, 0.25) is 11.8 Å². The lowest BCUT2D eigenvalue weighted by Gasteiger charge is -2.10. The van der Waals surface area contributed by atoms with E-state index in [0.717, 1.165) is 5.69 Å². The summed E-state index contributed by atoms with van der Waals surface area (Å²) in [7, 11) is 0. The van der Waals surface area contributed by atoms with Crippen molar-refractivity contribution in [2.75, 3.05) is 18.8 Å². The fourth-order valence-electron chi connectivity index (χ4n) is 3.70. The topological polar surface area (TPSA) is 163 Å². The van der Waals surface area contributed by atoms with E-state index in [1.165, 1.54) is 6.92 Å². The summed E-state index contributed by atoms with van der Waals surface area (Å²) < 4.78 is 12.6. The summed E-state index contributed by atoms with van der Waals surface area (Å²) in [4.78, 5) is 32.5. The van der Waals surface area contributed by atoms with Crippen molar-refractivity contribution in [1.82, 2.24) is 35.5 Å². The van der Waals surface area contributed by atoms with Crippen molar-refractivity contribution >= 4 is 28.7 Å². The van der Waals surface area contributed by atoms with E-state index in [0.29, 0.717) is 52.8 Å². The molecule has 0 atom stereocenters. The van der Waals surface area contributed by atoms with Gasteiger partial charge >= 0.3 is 0 Å². The predicted molar refractivity (Wildman–Crippen MR) is 134 cm³/mol. The number of nitrogens with zero attached hydrogens (tertiary/aromatic N) is 5. The summed E-state index contributed by atoms with van der Waals surface area (Å²) >= 11 is 0. The highest BCUT2D eigenvalue weighted by Gasteiger charge is 2.21. The largest absolute Gasteiger partial charge is 0.439 e. The van der Waals surface area contributed by atoms with Crippen LogP contribution in [0.4, 0.5) is 5.82 Å². The summed E-state index contributed by atoms with van der Waals surface area (Å²) in [6.45, 7) is 2.07. The number of imidazole rings is 1. The van der Waals surface area contributed by atoms with Crippen LogP contribution in [-0.4, -0.2) is 49.8 Å². The molecule has 37 heavy (non-hydrogen) atoms. The van der Waals surface area contributed by atoms with Crippen LogP contribution < -0.4 is 21.1 Å². The van der Waals surface area contributed by atoms with E-state index >= 15 is 0 Å². The van der Waals surface area contributed by atoms with Crippen LogP contribution in [0.5, 0.6) is 11.6 Å². The number of nitrogens with two attached hydrogens (primary N) is 1. The van der Waals surface area contributed by atoms with Gasteiger partial charge in [-0.25, -0.2) is 14.6 Å². The van der Waals surface area contributed by atoms with Gasteiger partial charge in [0.25, 0.3) is 5.91 Å². The molecule has 2 aromatic carbocycles. The van der Waals surface area contributed by atoms with Gasteiger partial charge in [0.05, 0.1) is 11.7 Å². The fourth-order valence-corrected chi connectivity index (χ4v) is 3.70. The molecule has 0 aliphatic carbocycles. The minimum atomic E-state index is -0.287. The molecular formula is C25H22N8O4. The Balaban J connectivity index is 1.44. The van der Waals surface area contributed by atoms with Gasteiger partial charge in [-0.3, -0.25) is 14.2 Å². The van der Waals surface area contributed by atoms with Gasteiger partial charge in [-0.15, -0.1) is 0 Å². The van der Waals surface area contributed by atoms with Gasteiger partial charge < -0.3 is 21.1 Å². The van der Waals surface area contributed by atoms with Gasteiger partial charge in [0.15, 0.2) is 17.3 Å². The molecule has 0 radical (unpaired) electrons. The third-order valence-electron chi connectivity index (χ3n) is 5.36. The number of benzene rings is 2. The zero-order valence-corrected chi connectivity index (χ0v) is 19.7. The predicted octanol–water partition coefficient (Wildman–Crippen LogP) is 2.71. The molecule has 0 bridgehead atoms. The first-order valence-corrected chi connectivity index (χ1v) is 11.3. The van der Waals surface area contributed by atoms with Crippen LogP contribution in [0.15, 0.2) is 71.5 Å². The number of pyridine rings is 1. The average molecular weight is 499 g/mol. The average Bonchev–Trinajstić information content (AvgIpc) is 3.49. The van der Waals surface area contributed by atoms with E-state index in [1.54, 1.807) is 36.5 Å². The molecule has 0 spiro atoms. The molecule has 3 heterocycles. The van der Waals surface area contributed by atoms with Crippen molar-refractivity contribution in [3.8, 4) is 28.8 Å². The Hall–Kier alpha value is -5.26. The van der Waals surface area contributed by atoms with Crippen LogP contribution in [0.3, 0.4) is 0 Å². The molecule has 186 valence electrons. The van der Waals surface area contributed by atoms with Gasteiger partial charge in [0.1, 0.15) is 11.3 Å². The maximum Gasteiger partial charge on any atom is 0.251 e. The molecule has 0 unspecified atom stereocenters. The molecule has 0 aliphatic heterocycles. The van der Waals surface area contributed by atoms with Crippen molar-refractivity contribution < 1.29 is 19.0 Å². The van der Waals surface area contributed by atoms with Crippen molar-refractivity contribution in [2.45, 2.75) is 6.92 Å². The number of rotatable bonds is 8. The summed E-state index contributed by atoms with van der Waals surface area (Å²) in [5.74, 6) is 0.838. The molecule has 3 aromatic heterocycles. The number of aromatic nitrogens is 5. The second-order valence-electron chi connectivity index (χ2n) is 7.98. The summed E-state index contributed by atoms with van der Waals surface area (Å²) in [6.07, 6.45) is 1.58. The van der Waals surface area contributed by atoms with Crippen LogP contribution >= 0.6 is 0 Å². The first-order valence-electron chi connectivity index (χ1n) is 11.3. The van der Waals surface area contributed by atoms with E-state index in [2.05, 4.69) is 30.9 Å². The van der Waals surface area contributed by atoms with Gasteiger partial charge in [-0.2, -0.15) is 0 Å². The summed E-state index contributed by atoms with van der Waals surface area (Å²) in [6, 6.07) is 18.0. The Kier molecular flexibility index (Phi) is 6.45. The van der Waals surface area contributed by atoms with Gasteiger partial charge in [-0.05, 0) is 40.6 Å². The third-order valence-corrected chi connectivity index (χ3v) is 5.36. The van der Waals surface area contributed by atoms with Crippen LogP contribution in [0.25, 0.3) is 28.2 Å². The number of nitrogens with one attached hydrogen (secondary N) is 2. The van der Waals surface area contributed by atoms with E-state index in [9.17, 15) is 9.59 Å². The molecule has 0 saturated heterocycles. The number of hydrogen-bond acceptors (Lipinski definition) is 9. The van der Waals surface area contributed by atoms with Gasteiger partial charge in [0, 0.05) is 37.3 Å². The molecule has 5 rings (SSSR count). The van der Waals surface area contributed by atoms with Crippen molar-refractivity contribution in [2.24, 2.45) is 0 Å². The zero-order valence-electron chi connectivity index (χ0n) is 19.7. The lowest BCUT2D eigenvalue weighted by Crippen LogP contribution is -2.33. The van der Waals surface area contributed by atoms with E-state index in [4.69, 9.17) is 15.1 Å². The number of para-hydroxylation sites is 1. The first kappa shape index (κ1) is 23.5. The fraction of sp³-hybridized carbons (Fsp3) is 0.120. The van der Waals surface area contributed by atoms with Crippen LogP contribution in [0, 0.1) is 0 Å². The monoisotopic (exact) mass is 498 g/mol. The molecule has 0 fully saturated rings. The molecule has 0 saturated carbocycles. The quantitative estimate of drug-likeness (QED) is 0.273. The molecule has 0 aliphatic rings. The number of ether oxygens (including phenoxy) is 1. The van der Waals surface area contributed by atoms with Gasteiger partial charge in [-0.1, -0.05) is 24.3 Å². The molecule has 2 amide bonds. The lowest BCUT2D eigenvalue weighted by atomic mass is 10.2. The Morgan fingerprint density at radius 3 is 2.59 bits per heavy atom. The molecule has 12 nitrogen and oxygen atoms in total. The number of fused-ring (bicyclic) bond motifs is 1. The Morgan fingerprint density at radius 1 is 1.03 bits per heavy atom. The third kappa shape index (κ3) is 5.07. The number of hydrogen-bond donors (Lipinski definition) is 3. The molecule has 5 aromatic rings. The van der Waals surface area contributed by atoms with E-state index in [-0.39, 0.29) is 17.6 Å². The van der Waals surface area contributed by atoms with Crippen LogP contribution in [0.1, 0.15) is 17.3 Å². The highest BCUT2D eigenvalue weighted by atomic mass is 16.6. The van der Waals surface area contributed by atoms with Crippen LogP contribution in [-0.2, 0) is 4.79 Å². The SMILES string of the molecule is CC(=O)NCCNC(=O)c1cccc(Oc2cc3c(cn2)nc(-c2nonc2N)n3-c2ccccc2)c1. The van der Waals surface area contributed by atoms with Crippen molar-refractivity contribution in [3.05, 3.63) is 72.4 Å². The summed E-state index contributed by atoms with van der Waals surface area (Å²) in [5.41, 5.74) is 8.76. The number of amides is 2. The zero-order chi connectivity index (χ0) is 25.8. The number of anilines is 1. The van der Waals surface area contributed by atoms with Crippen molar-refractivity contribution in [3.63, 3.8) is 0 Å². The standard InChI is InChI=1S/C25H22N8O4/c1-15(34)27-10-11-28-25(35)16-6-5-9-18(12-16)36-21-13-20-19(14-29-21)30-24(22-23(26)32-37-31-22)33(20)17-7-3-2-4-8-17/h2-9,12-14H,10-11H2,1H3,(H2,26,32)(H,27,34)(H,28,35). The van der Waals surface area contributed by atoms with Crippen molar-refractivity contribution in [1.29, 1.82) is 0 Å². The maximum atomic E-state index is 12.5. The Bertz CT molecular complexity index is 1580. The lowest BCUT2D eigenvalue weighted by molar-refractivity contribution is -0.118. The first-order chi connectivity index (χ1) is 18.0. The number of carbonyl (C=O) groups is 2. The minimum absolute atomic E-state index is 0.115. The number of nitrogen functional groups attached to an aromatic ring is 1. The highest BCUT2D eigenvalue weighted by molar-refractivity contribution is 5.94. The second kappa shape index (κ2) is 10.2. The molecule has 4 N–H and O–H groups in total. The highest BCUT2D eigenvalue weighted by Crippen LogP contribution is 2.32. The smallest absolute Gasteiger partial charge is 0.251 e. The minimum Gasteiger partial charge on any atom is -0.439 e.